The number of nitrogens with one attached hydrogen (secondary N) is 3. The average molecular weight is 1710 g/mol. The molecule has 18 N–H and O–H groups in total. The van der Waals surface area contributed by atoms with Gasteiger partial charge in [0.15, 0.2) is 28.7 Å². The number of rotatable bonds is 24. The van der Waals surface area contributed by atoms with Crippen molar-refractivity contribution in [1.29, 1.82) is 0 Å². The number of aromatic hydroxyl groups is 3. The second-order valence-electron chi connectivity index (χ2n) is 29.7. The monoisotopic (exact) mass is 1700 g/mol. The Bertz CT molecular complexity index is 5280. The van der Waals surface area contributed by atoms with Crippen molar-refractivity contribution < 1.29 is 133 Å². The molecule has 4 aromatic heterocycles. The standard InChI is InChI=1S/C32H41N3O10.C26H30N4O8.C25H27ClN2O10/c1-4-33-31(41)26-25(19-7-5-18(6-8-19)15-35-9-11-42-12-10-35)30(45-34-26)21-13-20(17(2)3)22(37)14-23(21)43-32-29(40)28(39)27(38)24(16-36)44-32;1-12(2)15-9-16(19(10-18(15)32)37-25-23(35)22(34)21(33)20(11-31)38-25)24-27-28-26(36)30(24)14-4-5-17-13(8-14)6-7-29(17)3;1-3-27-24(34)19-18(11-4-6-12(35-2)7-5-11)23(38-28-19)13-8-14(26)15(30)9-16(13)36-25-22(33)21(32)20(31)17(10-29)37-25/h5-8,13-14,17,24,27-29,32,36-40H,4,9-12,15-16H2,1-3H3,(H,33,41);4-10,12,20-23,25,31-35H,11H2,1-3H3,(H,28,36);4-9,17,20-22,25,29-33H,3,10H2,1-2H3,(H,27,34)/t24-,27+,28+,29-,32-;20-,21+,22+,23-,25-;17-,20+,21+,22-,25-/m111/s1. The number of benzene rings is 6. The van der Waals surface area contributed by atoms with Gasteiger partial charge in [-0.2, -0.15) is 5.10 Å². The van der Waals surface area contributed by atoms with Gasteiger partial charge in [0, 0.05) is 75.1 Å². The van der Waals surface area contributed by atoms with Crippen LogP contribution in [0.4, 0.5) is 0 Å². The number of hydrogen-bond donors (Lipinski definition) is 18. The number of ether oxygens (including phenoxy) is 8. The highest BCUT2D eigenvalue weighted by Gasteiger charge is 2.48. The number of H-pyrrole nitrogens is 1. The fourth-order valence-corrected chi connectivity index (χ4v) is 14.5. The van der Waals surface area contributed by atoms with E-state index in [4.69, 9.17) is 58.5 Å². The second-order valence-corrected chi connectivity index (χ2v) is 30.1. The first-order valence-electron chi connectivity index (χ1n) is 38.9. The number of aliphatic hydroxyl groups excluding tert-OH is 12. The largest absolute Gasteiger partial charge is 0.508 e. The van der Waals surface area contributed by atoms with Crippen LogP contribution in [0.1, 0.15) is 91.0 Å². The van der Waals surface area contributed by atoms with E-state index in [2.05, 4.69) is 36.0 Å². The Labute approximate surface area is 696 Å². The summed E-state index contributed by atoms with van der Waals surface area (Å²) in [4.78, 5) is 41.2. The van der Waals surface area contributed by atoms with Crippen LogP contribution in [0.2, 0.25) is 5.02 Å². The van der Waals surface area contributed by atoms with Gasteiger partial charge in [0.25, 0.3) is 11.8 Å². The Morgan fingerprint density at radius 2 is 1.00 bits per heavy atom. The fraction of sp³-hybridized carbons (Fsp3) is 0.422. The molecule has 8 heterocycles. The fourth-order valence-electron chi connectivity index (χ4n) is 14.3. The number of carbonyl (C=O) groups excluding carboxylic acids is 2. The summed E-state index contributed by atoms with van der Waals surface area (Å²) in [6.07, 6.45) is -21.2. The number of aliphatic hydroxyl groups is 12. The maximum Gasteiger partial charge on any atom is 0.348 e. The number of phenolic OH excluding ortho intramolecular Hbond substituents is 3. The highest BCUT2D eigenvalue weighted by molar-refractivity contribution is 6.32. The molecule has 4 aliphatic heterocycles. The van der Waals surface area contributed by atoms with Gasteiger partial charge < -0.3 is 139 Å². The summed E-state index contributed by atoms with van der Waals surface area (Å²) in [5, 5.41) is 174. The Hall–Kier alpha value is -10.6. The highest BCUT2D eigenvalue weighted by atomic mass is 35.5. The molecule has 2 amide bonds. The van der Waals surface area contributed by atoms with Gasteiger partial charge in [0.05, 0.1) is 78.7 Å². The predicted molar refractivity (Wildman–Crippen MR) is 431 cm³/mol. The molecule has 4 saturated heterocycles. The van der Waals surface area contributed by atoms with Crippen molar-refractivity contribution in [2.24, 2.45) is 7.05 Å². The first-order valence-corrected chi connectivity index (χ1v) is 39.3. The molecule has 0 unspecified atom stereocenters. The van der Waals surface area contributed by atoms with E-state index in [1.807, 2.05) is 88.0 Å². The molecule has 10 aromatic rings. The molecule has 0 aliphatic carbocycles. The lowest BCUT2D eigenvalue weighted by atomic mass is 9.93. The Morgan fingerprint density at radius 1 is 0.562 bits per heavy atom. The van der Waals surface area contributed by atoms with Crippen molar-refractivity contribution in [2.75, 3.05) is 66.3 Å². The third-order valence-electron chi connectivity index (χ3n) is 21.0. The molecule has 0 saturated carbocycles. The number of carbonyl (C=O) groups is 2. The lowest BCUT2D eigenvalue weighted by molar-refractivity contribution is -0.277. The number of fused-ring (bicyclic) bond motifs is 1. The number of aromatic amines is 1. The van der Waals surface area contributed by atoms with E-state index in [1.54, 1.807) is 56.3 Å². The van der Waals surface area contributed by atoms with Crippen LogP contribution in [-0.4, -0.2) is 281 Å². The van der Waals surface area contributed by atoms with E-state index < -0.39 is 129 Å². The minimum absolute atomic E-state index is 0.00253. The quantitative estimate of drug-likeness (QED) is 0.0411. The lowest BCUT2D eigenvalue weighted by Gasteiger charge is -2.39. The number of methoxy groups -OCH3 is 1. The predicted octanol–water partition coefficient (Wildman–Crippen LogP) is 3.63. The van der Waals surface area contributed by atoms with Crippen LogP contribution in [0.15, 0.2) is 129 Å². The number of amides is 2. The first kappa shape index (κ1) is 89.6. The molecular formula is C83H98ClN9O28. The molecular weight excluding hydrogens is 1610 g/mol. The van der Waals surface area contributed by atoms with Crippen molar-refractivity contribution in [1.82, 2.24) is 45.2 Å². The smallest absolute Gasteiger partial charge is 0.348 e. The van der Waals surface area contributed by atoms with Gasteiger partial charge in [0.2, 0.25) is 18.9 Å². The number of aryl methyl sites for hydroxylation is 1. The molecule has 4 fully saturated rings. The van der Waals surface area contributed by atoms with Crippen molar-refractivity contribution in [3.05, 3.63) is 159 Å². The van der Waals surface area contributed by atoms with Gasteiger partial charge in [-0.25, -0.2) is 14.5 Å². The molecule has 6 aromatic carbocycles. The van der Waals surface area contributed by atoms with Crippen molar-refractivity contribution in [2.45, 2.75) is 152 Å². The number of aromatic nitrogens is 6. The van der Waals surface area contributed by atoms with Gasteiger partial charge in [-0.1, -0.05) is 86.0 Å². The van der Waals surface area contributed by atoms with Crippen molar-refractivity contribution in [3.63, 3.8) is 0 Å². The lowest BCUT2D eigenvalue weighted by Crippen LogP contribution is -2.60. The summed E-state index contributed by atoms with van der Waals surface area (Å²) in [5.41, 5.74) is 5.78. The third-order valence-corrected chi connectivity index (χ3v) is 21.3. The summed E-state index contributed by atoms with van der Waals surface area (Å²) in [6, 6.07) is 30.3. The Morgan fingerprint density at radius 3 is 1.45 bits per heavy atom. The molecule has 0 spiro atoms. The molecule has 4 aliphatic rings. The highest BCUT2D eigenvalue weighted by Crippen LogP contribution is 2.48. The van der Waals surface area contributed by atoms with Crippen molar-refractivity contribution >= 4 is 34.3 Å². The van der Waals surface area contributed by atoms with E-state index in [0.29, 0.717) is 76.7 Å². The van der Waals surface area contributed by atoms with Crippen LogP contribution in [0.25, 0.3) is 72.9 Å². The summed E-state index contributed by atoms with van der Waals surface area (Å²) >= 11 is 6.20. The summed E-state index contributed by atoms with van der Waals surface area (Å²) in [7, 11) is 3.44. The topological polar surface area (TPSA) is 546 Å². The molecule has 121 heavy (non-hydrogen) atoms. The SMILES string of the molecule is CC(C)c1cc(-c2n[nH]c(=O)n2-c2ccc3c(ccn3C)c2)c(O[C@@H]2O[C@H](CO)[C@H](O)[C@H](O)[C@H]2O)cc1O.CCNC(=O)c1noc(-c2cc(C(C)C)c(O)cc2O[C@@H]2O[C@H](CO)[C@H](O)[C@H](O)[C@H]2O)c1-c1ccc(CN2CCOCC2)cc1.CCNC(=O)c1noc(-c2cc(Cl)c(O)cc2O[C@@H]2O[C@H](CO)[C@H](O)[C@H](O)[C@H]2O)c1-c1ccc(OC)cc1. The van der Waals surface area contributed by atoms with Gasteiger partial charge >= 0.3 is 5.69 Å². The normalized spacial score (nSPS) is 23.7. The minimum atomic E-state index is -1.72. The van der Waals surface area contributed by atoms with Crippen LogP contribution in [0.3, 0.4) is 0 Å². The minimum Gasteiger partial charge on any atom is -0.508 e. The average Bonchev–Trinajstić information content (AvgIpc) is 1.71. The van der Waals surface area contributed by atoms with Crippen LogP contribution >= 0.6 is 11.6 Å². The number of hydrogen-bond acceptors (Lipinski definition) is 32. The summed E-state index contributed by atoms with van der Waals surface area (Å²) < 4.78 is 59.7. The van der Waals surface area contributed by atoms with Crippen LogP contribution in [0.5, 0.6) is 40.2 Å². The van der Waals surface area contributed by atoms with E-state index in [9.17, 15) is 91.0 Å². The summed E-state index contributed by atoms with van der Waals surface area (Å²) in [5.74, 6) is -0.947. The molecule has 38 heteroatoms. The molecule has 650 valence electrons. The number of phenols is 3. The maximum absolute atomic E-state index is 13.2. The van der Waals surface area contributed by atoms with Gasteiger partial charge in [-0.05, 0) is 108 Å². The van der Waals surface area contributed by atoms with Gasteiger partial charge in [0.1, 0.15) is 113 Å². The molecule has 0 radical (unpaired) electrons. The van der Waals surface area contributed by atoms with E-state index in [-0.39, 0.29) is 91.2 Å². The zero-order valence-electron chi connectivity index (χ0n) is 66.9. The maximum atomic E-state index is 13.2. The van der Waals surface area contributed by atoms with E-state index in [0.717, 1.165) is 42.2 Å². The van der Waals surface area contributed by atoms with E-state index >= 15 is 0 Å². The van der Waals surface area contributed by atoms with Crippen LogP contribution in [-0.2, 0) is 32.5 Å². The Balaban J connectivity index is 0.000000167. The van der Waals surface area contributed by atoms with Gasteiger partial charge in [-0.15, -0.1) is 0 Å². The second kappa shape index (κ2) is 39.0. The first-order chi connectivity index (χ1) is 57.9. The zero-order chi connectivity index (χ0) is 87.1. The van der Waals surface area contributed by atoms with Gasteiger partial charge in [-0.3, -0.25) is 14.5 Å². The van der Waals surface area contributed by atoms with Crippen molar-refractivity contribution in [3.8, 4) is 102 Å². The Kier molecular flexibility index (Phi) is 28.9. The van der Waals surface area contributed by atoms with E-state index in [1.165, 1.54) is 29.9 Å². The molecule has 0 bridgehead atoms. The molecule has 37 nitrogen and oxygen atoms in total. The third kappa shape index (κ3) is 19.2. The number of halogens is 1. The number of nitrogens with zero attached hydrogens (tertiary/aromatic N) is 6. The van der Waals surface area contributed by atoms with Crippen LogP contribution < -0.4 is 35.3 Å². The van der Waals surface area contributed by atoms with Crippen LogP contribution in [0, 0.1) is 0 Å². The molecule has 14 rings (SSSR count). The summed E-state index contributed by atoms with van der Waals surface area (Å²) in [6.45, 7) is 13.7. The number of morpholine rings is 1. The molecule has 15 atom stereocenters. The zero-order valence-corrected chi connectivity index (χ0v) is 67.7.